The number of hydrogen-bond donors (Lipinski definition) is 1. The van der Waals surface area contributed by atoms with E-state index in [9.17, 15) is 31.2 Å². The first-order valence-electron chi connectivity index (χ1n) is 9.32. The maximum absolute atomic E-state index is 12.7. The van der Waals surface area contributed by atoms with Crippen LogP contribution in [0.2, 0.25) is 0 Å². The lowest BCUT2D eigenvalue weighted by molar-refractivity contribution is -0.141. The number of rotatable bonds is 7. The number of halogens is 3. The van der Waals surface area contributed by atoms with Crippen LogP contribution in [0, 0.1) is 0 Å². The van der Waals surface area contributed by atoms with Crippen LogP contribution in [-0.4, -0.2) is 46.5 Å². The van der Waals surface area contributed by atoms with Crippen LogP contribution in [-0.2, 0) is 25.7 Å². The van der Waals surface area contributed by atoms with Gasteiger partial charge in [-0.25, -0.2) is 8.42 Å². The third-order valence-corrected chi connectivity index (χ3v) is 5.71. The molecule has 172 valence electrons. The van der Waals surface area contributed by atoms with Crippen molar-refractivity contribution in [1.82, 2.24) is 4.72 Å². The van der Waals surface area contributed by atoms with Gasteiger partial charge in [-0.1, -0.05) is 12.1 Å². The Labute approximate surface area is 181 Å². The number of fused-ring (bicyclic) bond motifs is 1. The molecule has 0 fully saturated rings. The van der Waals surface area contributed by atoms with Gasteiger partial charge in [0.1, 0.15) is 6.54 Å². The molecule has 1 heterocycles. The quantitative estimate of drug-likeness (QED) is 0.486. The molecule has 1 N–H and O–H groups in total. The van der Waals surface area contributed by atoms with E-state index in [-0.39, 0.29) is 16.2 Å². The molecule has 1 aliphatic heterocycles. The van der Waals surface area contributed by atoms with Gasteiger partial charge in [-0.2, -0.15) is 17.9 Å². The Morgan fingerprint density at radius 1 is 1.03 bits per heavy atom. The summed E-state index contributed by atoms with van der Waals surface area (Å²) in [5.74, 6) is -1.30. The number of Topliss-reactive ketones (excluding diaryl/α,β-unsaturated/α-hetero) is 1. The minimum Gasteiger partial charge on any atom is -0.490 e. The molecule has 0 amide bonds. The van der Waals surface area contributed by atoms with Crippen molar-refractivity contribution in [2.75, 3.05) is 26.4 Å². The first-order chi connectivity index (χ1) is 15.1. The predicted octanol–water partition coefficient (Wildman–Crippen LogP) is 2.57. The zero-order valence-corrected chi connectivity index (χ0v) is 17.3. The third-order valence-electron chi connectivity index (χ3n) is 4.31. The highest BCUT2D eigenvalue weighted by Crippen LogP contribution is 2.32. The van der Waals surface area contributed by atoms with E-state index >= 15 is 0 Å². The van der Waals surface area contributed by atoms with Gasteiger partial charge in [0.25, 0.3) is 0 Å². The van der Waals surface area contributed by atoms with Crippen LogP contribution in [0.3, 0.4) is 0 Å². The summed E-state index contributed by atoms with van der Waals surface area (Å²) in [6.07, 6.45) is -3.99. The zero-order chi connectivity index (χ0) is 23.4. The topological polar surface area (TPSA) is 108 Å². The average Bonchev–Trinajstić information content (AvgIpc) is 3.00. The number of carbonyl (C=O) groups excluding carboxylic acids is 2. The Hall–Kier alpha value is -3.12. The molecule has 0 atom stereocenters. The fraction of sp³-hybridized carbons (Fsp3) is 0.300. The highest BCUT2D eigenvalue weighted by molar-refractivity contribution is 7.89. The predicted molar refractivity (Wildman–Crippen MR) is 104 cm³/mol. The fourth-order valence-electron chi connectivity index (χ4n) is 2.70. The van der Waals surface area contributed by atoms with E-state index in [1.165, 1.54) is 18.2 Å². The van der Waals surface area contributed by atoms with Gasteiger partial charge in [-0.3, -0.25) is 9.59 Å². The Morgan fingerprint density at radius 3 is 2.47 bits per heavy atom. The molecule has 0 bridgehead atoms. The number of alkyl halides is 3. The maximum atomic E-state index is 12.7. The number of sulfonamides is 1. The van der Waals surface area contributed by atoms with Crippen molar-refractivity contribution in [3.05, 3.63) is 53.6 Å². The lowest BCUT2D eigenvalue weighted by Crippen LogP contribution is -2.31. The van der Waals surface area contributed by atoms with Gasteiger partial charge in [0.2, 0.25) is 10.0 Å². The minimum atomic E-state index is -4.63. The van der Waals surface area contributed by atoms with Gasteiger partial charge in [-0.05, 0) is 24.3 Å². The summed E-state index contributed by atoms with van der Waals surface area (Å²) < 4.78 is 80.6. The van der Waals surface area contributed by atoms with Gasteiger partial charge in [0.05, 0.1) is 23.7 Å². The van der Waals surface area contributed by atoms with E-state index in [0.717, 1.165) is 18.2 Å². The van der Waals surface area contributed by atoms with Crippen LogP contribution >= 0.6 is 0 Å². The Bertz CT molecular complexity index is 1120. The van der Waals surface area contributed by atoms with E-state index in [1.807, 2.05) is 4.72 Å². The van der Waals surface area contributed by atoms with Crippen LogP contribution in [0.4, 0.5) is 13.2 Å². The third kappa shape index (κ3) is 5.98. The van der Waals surface area contributed by atoms with Crippen LogP contribution < -0.4 is 14.2 Å². The fourth-order valence-corrected chi connectivity index (χ4v) is 3.68. The monoisotopic (exact) mass is 473 g/mol. The maximum Gasteiger partial charge on any atom is 0.416 e. The molecule has 2 aromatic rings. The molecule has 0 spiro atoms. The molecular formula is C20H18F3NO7S. The number of nitrogens with one attached hydrogen (secondary N) is 1. The van der Waals surface area contributed by atoms with E-state index in [2.05, 4.69) is 4.74 Å². The molecule has 0 saturated carbocycles. The van der Waals surface area contributed by atoms with Crippen LogP contribution in [0.5, 0.6) is 11.5 Å². The molecule has 0 radical (unpaired) electrons. The number of ketones is 1. The molecule has 2 aromatic carbocycles. The minimum absolute atomic E-state index is 0.172. The average molecular weight is 473 g/mol. The van der Waals surface area contributed by atoms with E-state index < -0.39 is 46.7 Å². The SMILES string of the molecule is O=C(CNS(=O)(=O)c1ccc2c(c1)OCCCO2)OCC(=O)c1cccc(C(F)(F)F)c1. The molecule has 0 unspecified atom stereocenters. The first-order valence-corrected chi connectivity index (χ1v) is 10.8. The number of hydrogen-bond acceptors (Lipinski definition) is 7. The normalized spacial score (nSPS) is 13.8. The van der Waals surface area contributed by atoms with Gasteiger partial charge in [-0.15, -0.1) is 0 Å². The Balaban J connectivity index is 1.55. The van der Waals surface area contributed by atoms with Crippen molar-refractivity contribution < 1.29 is 45.4 Å². The van der Waals surface area contributed by atoms with Crippen LogP contribution in [0.1, 0.15) is 22.3 Å². The van der Waals surface area contributed by atoms with Crippen molar-refractivity contribution in [3.63, 3.8) is 0 Å². The molecule has 0 saturated heterocycles. The lowest BCUT2D eigenvalue weighted by atomic mass is 10.1. The summed E-state index contributed by atoms with van der Waals surface area (Å²) in [7, 11) is -4.11. The number of esters is 1. The molecule has 3 rings (SSSR count). The molecule has 0 aromatic heterocycles. The second kappa shape index (κ2) is 9.57. The summed E-state index contributed by atoms with van der Waals surface area (Å²) >= 11 is 0. The summed E-state index contributed by atoms with van der Waals surface area (Å²) in [5.41, 5.74) is -1.31. The Morgan fingerprint density at radius 2 is 1.75 bits per heavy atom. The van der Waals surface area contributed by atoms with Gasteiger partial charge < -0.3 is 14.2 Å². The van der Waals surface area contributed by atoms with E-state index in [4.69, 9.17) is 9.47 Å². The Kier molecular flexibility index (Phi) is 7.04. The van der Waals surface area contributed by atoms with Crippen molar-refractivity contribution in [1.29, 1.82) is 0 Å². The van der Waals surface area contributed by atoms with Crippen molar-refractivity contribution in [3.8, 4) is 11.5 Å². The largest absolute Gasteiger partial charge is 0.490 e. The zero-order valence-electron chi connectivity index (χ0n) is 16.5. The van der Waals surface area contributed by atoms with Gasteiger partial charge >= 0.3 is 12.1 Å². The summed E-state index contributed by atoms with van der Waals surface area (Å²) in [6, 6.07) is 7.62. The smallest absolute Gasteiger partial charge is 0.416 e. The van der Waals surface area contributed by atoms with Crippen molar-refractivity contribution in [2.45, 2.75) is 17.5 Å². The van der Waals surface area contributed by atoms with Crippen LogP contribution in [0.15, 0.2) is 47.4 Å². The summed E-state index contributed by atoms with van der Waals surface area (Å²) in [6.45, 7) is -0.836. The highest BCUT2D eigenvalue weighted by Gasteiger charge is 2.31. The van der Waals surface area contributed by atoms with Crippen molar-refractivity contribution >= 4 is 21.8 Å². The number of ether oxygens (including phenoxy) is 3. The van der Waals surface area contributed by atoms with Gasteiger partial charge in [0.15, 0.2) is 23.9 Å². The molecule has 8 nitrogen and oxygen atoms in total. The second-order valence-corrected chi connectivity index (χ2v) is 8.41. The number of benzene rings is 2. The molecular weight excluding hydrogens is 455 g/mol. The summed E-state index contributed by atoms with van der Waals surface area (Å²) in [4.78, 5) is 23.7. The lowest BCUT2D eigenvalue weighted by Gasteiger charge is -2.11. The molecule has 1 aliphatic rings. The highest BCUT2D eigenvalue weighted by atomic mass is 32.2. The van der Waals surface area contributed by atoms with Crippen molar-refractivity contribution in [2.24, 2.45) is 0 Å². The standard InChI is InChI=1S/C20H18F3NO7S/c21-20(22,23)14-4-1-3-13(9-14)16(25)12-31-19(26)11-24-32(27,28)15-5-6-17-18(10-15)30-8-2-7-29-17/h1,3-6,9-10,24H,2,7-8,11-12H2. The van der Waals surface area contributed by atoms with E-state index in [1.54, 1.807) is 0 Å². The summed E-state index contributed by atoms with van der Waals surface area (Å²) in [5, 5.41) is 0. The van der Waals surface area contributed by atoms with Gasteiger partial charge in [0, 0.05) is 18.1 Å². The van der Waals surface area contributed by atoms with E-state index in [0.29, 0.717) is 31.5 Å². The number of carbonyl (C=O) groups is 2. The molecule has 32 heavy (non-hydrogen) atoms. The molecule has 12 heteroatoms. The second-order valence-electron chi connectivity index (χ2n) is 6.65. The first kappa shape index (κ1) is 23.5. The van der Waals surface area contributed by atoms with Crippen LogP contribution in [0.25, 0.3) is 0 Å². The molecule has 0 aliphatic carbocycles.